The number of sulfonamides is 1. The number of carbonyl (C=O) groups is 1. The number of anilines is 2. The normalized spacial score (nSPS) is 14.6. The number of aryl methyl sites for hydroxylation is 1. The van der Waals surface area contributed by atoms with Gasteiger partial charge in [0.05, 0.1) is 10.6 Å². The number of amides is 1. The van der Waals surface area contributed by atoms with Gasteiger partial charge in [0, 0.05) is 22.8 Å². The molecule has 1 heterocycles. The van der Waals surface area contributed by atoms with Crippen molar-refractivity contribution in [3.63, 3.8) is 0 Å². The van der Waals surface area contributed by atoms with Gasteiger partial charge in [0.2, 0.25) is 5.91 Å². The molecule has 1 amide bonds. The molecule has 2 N–H and O–H groups in total. The number of fused-ring (bicyclic) bond motifs is 1. The van der Waals surface area contributed by atoms with E-state index in [1.807, 2.05) is 13.0 Å². The predicted octanol–water partition coefficient (Wildman–Crippen LogP) is 3.23. The van der Waals surface area contributed by atoms with Gasteiger partial charge < -0.3 is 5.32 Å². The Labute approximate surface area is 139 Å². The fourth-order valence-corrected chi connectivity index (χ4v) is 4.30. The summed E-state index contributed by atoms with van der Waals surface area (Å²) in [5.41, 5.74) is 2.03. The van der Waals surface area contributed by atoms with Crippen molar-refractivity contribution >= 4 is 39.1 Å². The van der Waals surface area contributed by atoms with Crippen molar-refractivity contribution in [1.29, 1.82) is 0 Å². The lowest BCUT2D eigenvalue weighted by Gasteiger charge is -2.12. The summed E-state index contributed by atoms with van der Waals surface area (Å²) in [6, 6.07) is 11.9. The van der Waals surface area contributed by atoms with Crippen LogP contribution in [0.4, 0.5) is 11.4 Å². The molecule has 0 aromatic heterocycles. The van der Waals surface area contributed by atoms with Crippen LogP contribution in [-0.4, -0.2) is 20.1 Å². The van der Waals surface area contributed by atoms with Crippen LogP contribution in [0.3, 0.4) is 0 Å². The number of benzene rings is 2. The van der Waals surface area contributed by atoms with E-state index in [0.717, 1.165) is 10.5 Å². The van der Waals surface area contributed by atoms with Crippen LogP contribution in [0.1, 0.15) is 12.0 Å². The summed E-state index contributed by atoms with van der Waals surface area (Å²) in [7, 11) is -3.70. The van der Waals surface area contributed by atoms with Crippen LogP contribution >= 0.6 is 11.8 Å². The number of hydrogen-bond acceptors (Lipinski definition) is 4. The van der Waals surface area contributed by atoms with Crippen molar-refractivity contribution in [3.05, 3.63) is 48.0 Å². The van der Waals surface area contributed by atoms with E-state index in [1.165, 1.54) is 17.8 Å². The highest BCUT2D eigenvalue weighted by atomic mass is 32.2. The smallest absolute Gasteiger partial charge is 0.261 e. The molecule has 0 spiro atoms. The van der Waals surface area contributed by atoms with Crippen molar-refractivity contribution in [2.45, 2.75) is 23.1 Å². The van der Waals surface area contributed by atoms with Crippen molar-refractivity contribution in [2.24, 2.45) is 0 Å². The molecule has 5 nitrogen and oxygen atoms in total. The van der Waals surface area contributed by atoms with Gasteiger partial charge in [0.1, 0.15) is 0 Å². The first-order valence-corrected chi connectivity index (χ1v) is 9.57. The molecular weight excluding hydrogens is 332 g/mol. The predicted molar refractivity (Wildman–Crippen MR) is 92.4 cm³/mol. The summed E-state index contributed by atoms with van der Waals surface area (Å²) in [4.78, 5) is 12.7. The van der Waals surface area contributed by atoms with Crippen LogP contribution in [0.25, 0.3) is 0 Å². The molecule has 2 aromatic rings. The minimum absolute atomic E-state index is 0.0996. The average molecular weight is 348 g/mol. The molecule has 0 aliphatic carbocycles. The lowest BCUT2D eigenvalue weighted by molar-refractivity contribution is -0.115. The van der Waals surface area contributed by atoms with E-state index in [0.29, 0.717) is 23.5 Å². The molecule has 0 saturated heterocycles. The van der Waals surface area contributed by atoms with Gasteiger partial charge in [-0.2, -0.15) is 0 Å². The van der Waals surface area contributed by atoms with Crippen LogP contribution < -0.4 is 10.0 Å². The maximum Gasteiger partial charge on any atom is 0.261 e. The Hall–Kier alpha value is -1.99. The standard InChI is InChI=1S/C16H16N2O3S2/c1-11-3-2-4-12(9-11)18-23(20,21)13-5-6-15-14(10-13)17-16(19)7-8-22-15/h2-6,9-10,18H,7-8H2,1H3,(H,17,19). The van der Waals surface area contributed by atoms with E-state index in [4.69, 9.17) is 0 Å². The fraction of sp³-hybridized carbons (Fsp3) is 0.188. The summed E-state index contributed by atoms with van der Waals surface area (Å²) in [6.07, 6.45) is 0.420. The van der Waals surface area contributed by atoms with Crippen LogP contribution in [0.5, 0.6) is 0 Å². The zero-order valence-electron chi connectivity index (χ0n) is 12.5. The zero-order valence-corrected chi connectivity index (χ0v) is 14.1. The highest BCUT2D eigenvalue weighted by Crippen LogP contribution is 2.33. The van der Waals surface area contributed by atoms with E-state index < -0.39 is 10.0 Å². The fourth-order valence-electron chi connectivity index (χ4n) is 2.29. The molecule has 120 valence electrons. The van der Waals surface area contributed by atoms with Gasteiger partial charge in [-0.05, 0) is 42.8 Å². The first-order valence-electron chi connectivity index (χ1n) is 7.10. The quantitative estimate of drug-likeness (QED) is 0.893. The Morgan fingerprint density at radius 1 is 1.17 bits per heavy atom. The number of rotatable bonds is 3. The number of nitrogens with one attached hydrogen (secondary N) is 2. The third kappa shape index (κ3) is 3.68. The van der Waals surface area contributed by atoms with E-state index in [2.05, 4.69) is 10.0 Å². The molecule has 0 radical (unpaired) electrons. The second-order valence-electron chi connectivity index (χ2n) is 5.28. The first kappa shape index (κ1) is 15.9. The van der Waals surface area contributed by atoms with E-state index >= 15 is 0 Å². The van der Waals surface area contributed by atoms with Gasteiger partial charge in [-0.3, -0.25) is 9.52 Å². The maximum absolute atomic E-state index is 12.5. The van der Waals surface area contributed by atoms with Crippen molar-refractivity contribution in [1.82, 2.24) is 0 Å². The first-order chi connectivity index (χ1) is 10.9. The van der Waals surface area contributed by atoms with Gasteiger partial charge in [0.25, 0.3) is 10.0 Å². The number of carbonyl (C=O) groups excluding carboxylic acids is 1. The molecular formula is C16H16N2O3S2. The van der Waals surface area contributed by atoms with Crippen molar-refractivity contribution in [2.75, 3.05) is 15.8 Å². The van der Waals surface area contributed by atoms with Crippen LogP contribution in [-0.2, 0) is 14.8 Å². The third-order valence-electron chi connectivity index (χ3n) is 3.39. The average Bonchev–Trinajstić information content (AvgIpc) is 2.66. The highest BCUT2D eigenvalue weighted by molar-refractivity contribution is 7.99. The van der Waals surface area contributed by atoms with Crippen molar-refractivity contribution < 1.29 is 13.2 Å². The zero-order chi connectivity index (χ0) is 16.4. The van der Waals surface area contributed by atoms with E-state index in [-0.39, 0.29) is 10.8 Å². The van der Waals surface area contributed by atoms with Gasteiger partial charge in [-0.25, -0.2) is 8.42 Å². The summed E-state index contributed by atoms with van der Waals surface area (Å²) < 4.78 is 27.6. The number of thioether (sulfide) groups is 1. The molecule has 3 rings (SSSR count). The second kappa shape index (κ2) is 6.25. The molecule has 1 aliphatic rings. The molecule has 1 aliphatic heterocycles. The maximum atomic E-state index is 12.5. The molecule has 0 unspecified atom stereocenters. The molecule has 0 bridgehead atoms. The van der Waals surface area contributed by atoms with Crippen LogP contribution in [0, 0.1) is 6.92 Å². The Balaban J connectivity index is 1.93. The minimum Gasteiger partial charge on any atom is -0.325 e. The third-order valence-corrected chi connectivity index (χ3v) is 5.85. The topological polar surface area (TPSA) is 75.3 Å². The Bertz CT molecular complexity index is 863. The lowest BCUT2D eigenvalue weighted by Crippen LogP contribution is -2.14. The van der Waals surface area contributed by atoms with Gasteiger partial charge in [-0.1, -0.05) is 12.1 Å². The van der Waals surface area contributed by atoms with Gasteiger partial charge in [0.15, 0.2) is 0 Å². The van der Waals surface area contributed by atoms with E-state index in [1.54, 1.807) is 30.3 Å². The Morgan fingerprint density at radius 2 is 2.00 bits per heavy atom. The summed E-state index contributed by atoms with van der Waals surface area (Å²) >= 11 is 1.54. The van der Waals surface area contributed by atoms with E-state index in [9.17, 15) is 13.2 Å². The van der Waals surface area contributed by atoms with Gasteiger partial charge in [-0.15, -0.1) is 11.8 Å². The molecule has 23 heavy (non-hydrogen) atoms. The largest absolute Gasteiger partial charge is 0.325 e. The second-order valence-corrected chi connectivity index (χ2v) is 8.10. The Morgan fingerprint density at radius 3 is 2.78 bits per heavy atom. The van der Waals surface area contributed by atoms with Crippen LogP contribution in [0.15, 0.2) is 52.3 Å². The van der Waals surface area contributed by atoms with Crippen molar-refractivity contribution in [3.8, 4) is 0 Å². The SMILES string of the molecule is Cc1cccc(NS(=O)(=O)c2ccc3c(c2)NC(=O)CCS3)c1. The number of hydrogen-bond donors (Lipinski definition) is 2. The van der Waals surface area contributed by atoms with Gasteiger partial charge >= 0.3 is 0 Å². The molecule has 0 atom stereocenters. The molecule has 0 saturated carbocycles. The summed E-state index contributed by atoms with van der Waals surface area (Å²) in [5.74, 6) is 0.587. The molecule has 0 fully saturated rings. The minimum atomic E-state index is -3.70. The molecule has 7 heteroatoms. The summed E-state index contributed by atoms with van der Waals surface area (Å²) in [6.45, 7) is 1.90. The summed E-state index contributed by atoms with van der Waals surface area (Å²) in [5, 5.41) is 2.76. The highest BCUT2D eigenvalue weighted by Gasteiger charge is 2.19. The monoisotopic (exact) mass is 348 g/mol. The molecule has 2 aromatic carbocycles. The lowest BCUT2D eigenvalue weighted by atomic mass is 10.2. The Kier molecular flexibility index (Phi) is 4.32. The van der Waals surface area contributed by atoms with Crippen LogP contribution in [0.2, 0.25) is 0 Å².